The predicted molar refractivity (Wildman–Crippen MR) is 285 cm³/mol. The van der Waals surface area contributed by atoms with Gasteiger partial charge in [-0.1, -0.05) is 146 Å². The van der Waals surface area contributed by atoms with Gasteiger partial charge in [0.25, 0.3) is 0 Å². The van der Waals surface area contributed by atoms with Crippen molar-refractivity contribution >= 4 is 56.2 Å². The van der Waals surface area contributed by atoms with Crippen molar-refractivity contribution in [3.05, 3.63) is 132 Å². The fourth-order valence-corrected chi connectivity index (χ4v) is 15.6. The summed E-state index contributed by atoms with van der Waals surface area (Å²) in [4.78, 5) is 10.3. The molecule has 0 aliphatic carbocycles. The maximum Gasteiger partial charge on any atom is 2.00 e. The molecule has 0 saturated heterocycles. The summed E-state index contributed by atoms with van der Waals surface area (Å²) in [7, 11) is -3.15. The molecule has 0 N–H and O–H groups in total. The van der Waals surface area contributed by atoms with Crippen LogP contribution in [0, 0.1) is 73.1 Å². The molecule has 6 nitrogen and oxygen atoms in total. The fraction of sp³-hybridized carbons (Fsp3) is 0.529. The van der Waals surface area contributed by atoms with Crippen LogP contribution in [-0.4, -0.2) is 43.7 Å². The van der Waals surface area contributed by atoms with Gasteiger partial charge in [0.1, 0.15) is 0 Å². The Balaban J connectivity index is -0.000000762. The second kappa shape index (κ2) is 33.9. The maximum absolute atomic E-state index is 10.3. The fourth-order valence-electron chi connectivity index (χ4n) is 7.78. The smallest absolute Gasteiger partial charge is 0.860 e. The van der Waals surface area contributed by atoms with E-state index in [0.717, 1.165) is 5.19 Å². The molecule has 4 aromatic rings. The average Bonchev–Trinajstić information content (AvgIpc) is 3.14. The van der Waals surface area contributed by atoms with Gasteiger partial charge in [-0.05, 0) is 155 Å². The summed E-state index contributed by atoms with van der Waals surface area (Å²) in [5, 5.41) is 28.3. The van der Waals surface area contributed by atoms with Crippen molar-refractivity contribution in [2.45, 2.75) is 179 Å². The molecule has 0 bridgehead atoms. The molecule has 349 valence electrons. The summed E-state index contributed by atoms with van der Waals surface area (Å²) >= 11 is 0. The van der Waals surface area contributed by atoms with Crippen LogP contribution in [0.5, 0.6) is 0 Å². The Hall–Kier alpha value is -1.44. The standard InChI is InChI=1S/3C15H26NP.C6H7OSi.Co.N2.Zr/c3*1-10(2)17(11(3)4)16-15-13(6)8-12(5)9-14(15)7;7-8-6-4-2-1-3-5-6;;1-2;/h3*8-11,17H,1-7H3;1-5H,8H2;;;/q;;;-1;+2;;+2. The molecule has 0 aromatic heterocycles. The second-order valence-corrected chi connectivity index (χ2v) is 29.7. The van der Waals surface area contributed by atoms with E-state index >= 15 is 0 Å². The molecule has 4 rings (SSSR count). The molecule has 1 radical (unpaired) electrons. The Morgan fingerprint density at radius 1 is 0.413 bits per heavy atom. The van der Waals surface area contributed by atoms with Gasteiger partial charge < -0.3 is 20.1 Å². The Kier molecular flexibility index (Phi) is 35.5. The van der Waals surface area contributed by atoms with Gasteiger partial charge in [-0.2, -0.15) is 0 Å². The molecule has 0 heterocycles. The van der Waals surface area contributed by atoms with E-state index in [0.29, 0.717) is 34.0 Å². The summed E-state index contributed by atoms with van der Waals surface area (Å²) in [6, 6.07) is 23.0. The molecule has 0 unspecified atom stereocenters. The van der Waals surface area contributed by atoms with E-state index < -0.39 is 34.0 Å². The Morgan fingerprint density at radius 3 is 0.746 bits per heavy atom. The minimum Gasteiger partial charge on any atom is -0.860 e. The first-order valence-electron chi connectivity index (χ1n) is 22.2. The van der Waals surface area contributed by atoms with E-state index in [1.807, 2.05) is 30.3 Å². The van der Waals surface area contributed by atoms with Crippen LogP contribution in [-0.2, 0) is 43.0 Å². The minimum absolute atomic E-state index is 0. The van der Waals surface area contributed by atoms with Gasteiger partial charge in [-0.15, -0.1) is 17.1 Å². The van der Waals surface area contributed by atoms with Crippen molar-refractivity contribution in [3.8, 4) is 0 Å². The second-order valence-electron chi connectivity index (χ2n) is 18.4. The summed E-state index contributed by atoms with van der Waals surface area (Å²) in [6.07, 6.45) is 0. The minimum atomic E-state index is -1.16. The topological polar surface area (TPSA) is 113 Å². The number of hydrogen-bond donors (Lipinski definition) is 0. The normalized spacial score (nSPS) is 10.8. The molecule has 4 aromatic carbocycles. The van der Waals surface area contributed by atoms with Crippen LogP contribution in [0.1, 0.15) is 133 Å². The van der Waals surface area contributed by atoms with Gasteiger partial charge in [0.15, 0.2) is 0 Å². The summed E-state index contributed by atoms with van der Waals surface area (Å²) in [5.74, 6) is 0. The van der Waals surface area contributed by atoms with Crippen LogP contribution in [0.3, 0.4) is 0 Å². The van der Waals surface area contributed by atoms with E-state index in [9.17, 15) is 4.80 Å². The number of aryl methyl sites for hydroxylation is 9. The van der Waals surface area contributed by atoms with Crippen molar-refractivity contribution in [1.29, 1.82) is 10.8 Å². The van der Waals surface area contributed by atoms with Gasteiger partial charge in [-0.3, -0.25) is 0 Å². The van der Waals surface area contributed by atoms with Gasteiger partial charge in [0, 0.05) is 10.8 Å². The zero-order chi connectivity index (χ0) is 47.3. The van der Waals surface area contributed by atoms with Crippen molar-refractivity contribution in [1.82, 2.24) is 0 Å². The molecule has 0 amide bonds. The molecule has 0 atom stereocenters. The monoisotopic (exact) mass is 1050 g/mol. The number of rotatable bonds is 13. The molecule has 12 heteroatoms. The third-order valence-corrected chi connectivity index (χ3v) is 19.5. The quantitative estimate of drug-likeness (QED) is 0.0755. The first kappa shape index (κ1) is 65.8. The van der Waals surface area contributed by atoms with E-state index in [-0.39, 0.29) is 43.0 Å². The van der Waals surface area contributed by atoms with Crippen LogP contribution in [0.25, 0.3) is 15.3 Å². The van der Waals surface area contributed by atoms with Crippen molar-refractivity contribution < 1.29 is 47.8 Å². The Labute approximate surface area is 423 Å². The van der Waals surface area contributed by atoms with E-state index in [1.165, 1.54) is 67.1 Å². The third-order valence-electron chi connectivity index (χ3n) is 10.2. The molecule has 63 heavy (non-hydrogen) atoms. The van der Waals surface area contributed by atoms with E-state index in [2.05, 4.69) is 182 Å². The molecule has 0 aliphatic rings. The number of nitrogens with zero attached hydrogens (tertiary/aromatic N) is 5. The molecular weight excluding hydrogens is 970 g/mol. The van der Waals surface area contributed by atoms with Gasteiger partial charge >= 0.3 is 43.0 Å². The summed E-state index contributed by atoms with van der Waals surface area (Å²) in [5.41, 5.74) is 19.9. The van der Waals surface area contributed by atoms with Crippen molar-refractivity contribution in [3.63, 3.8) is 0 Å². The largest absolute Gasteiger partial charge is 2.00 e. The van der Waals surface area contributed by atoms with Crippen LogP contribution in [0.2, 0.25) is 0 Å². The zero-order valence-electron chi connectivity index (χ0n) is 43.0. The summed E-state index contributed by atoms with van der Waals surface area (Å²) < 4.78 is 0. The number of hydrogen-bond acceptors (Lipinski definition) is 3. The Morgan fingerprint density at radius 2 is 0.603 bits per heavy atom. The van der Waals surface area contributed by atoms with Crippen molar-refractivity contribution in [2.24, 2.45) is 0 Å². The van der Waals surface area contributed by atoms with Crippen LogP contribution < -0.4 is 9.98 Å². The van der Waals surface area contributed by atoms with Crippen LogP contribution in [0.4, 0.5) is 17.1 Å². The van der Waals surface area contributed by atoms with E-state index in [1.54, 1.807) is 0 Å². The van der Waals surface area contributed by atoms with Gasteiger partial charge in [0.05, 0.1) is 34.0 Å². The van der Waals surface area contributed by atoms with Crippen LogP contribution in [0.15, 0.2) is 66.7 Å². The maximum atomic E-state index is 10.3. The zero-order valence-corrected chi connectivity index (χ0v) is 50.9. The first-order chi connectivity index (χ1) is 28.4. The van der Waals surface area contributed by atoms with E-state index in [4.69, 9.17) is 26.0 Å². The van der Waals surface area contributed by atoms with Gasteiger partial charge in [-0.25, -0.2) is 0 Å². The van der Waals surface area contributed by atoms with Gasteiger partial charge in [0.2, 0.25) is 0 Å². The van der Waals surface area contributed by atoms with Crippen LogP contribution >= 0.6 is 24.2 Å². The molecule has 0 saturated carbocycles. The SMILES string of the molecule is Cc1cc(C)c([N-][PH+](C(C)C)C(C)C)c(C)c1.Cc1cc(C)c([N-][PH+](C(C)C)C(C)C)c(C)c1.Cc1cc(C)c([N-][PH+](C(C)C)C(C)C)c(C)c1.N#N.[Co+2].[O-][SiH2]c1ccccc1.[Zr+2]. The third kappa shape index (κ3) is 24.2. The number of benzene rings is 4. The molecule has 0 aliphatic heterocycles. The van der Waals surface area contributed by atoms with Crippen molar-refractivity contribution in [2.75, 3.05) is 0 Å². The summed E-state index contributed by atoms with van der Waals surface area (Å²) in [6.45, 7) is 47.2. The first-order valence-corrected chi connectivity index (χ1v) is 28.3. The Bertz CT molecular complexity index is 1620. The predicted octanol–water partition coefficient (Wildman–Crippen LogP) is 15.5. The average molecular weight is 1060 g/mol. The molecular formula is C51H85CoN5OP3SiZr+3. The molecule has 0 spiro atoms. The molecule has 0 fully saturated rings.